The summed E-state index contributed by atoms with van der Waals surface area (Å²) in [6, 6.07) is 6.16. The molecule has 5 heteroatoms. The number of alkyl halides is 1. The summed E-state index contributed by atoms with van der Waals surface area (Å²) in [5.41, 5.74) is 2.90. The van der Waals surface area contributed by atoms with Gasteiger partial charge in [-0.05, 0) is 0 Å². The summed E-state index contributed by atoms with van der Waals surface area (Å²) in [5, 5.41) is 10.0. The second-order valence-corrected chi connectivity index (χ2v) is 9.37. The fraction of sp³-hybridized carbons (Fsp3) is 0.611. The molecule has 3 atom stereocenters. The van der Waals surface area contributed by atoms with E-state index in [0.717, 1.165) is 10.8 Å². The van der Waals surface area contributed by atoms with Gasteiger partial charge in [-0.15, -0.1) is 0 Å². The molecule has 1 aromatic rings. The maximum absolute atomic E-state index is 12.4. The summed E-state index contributed by atoms with van der Waals surface area (Å²) >= 11 is -0.354. The number of ether oxygens (including phenoxy) is 1. The van der Waals surface area contributed by atoms with Crippen LogP contribution in [0.1, 0.15) is 43.7 Å². The fourth-order valence-electron chi connectivity index (χ4n) is 4.84. The summed E-state index contributed by atoms with van der Waals surface area (Å²) in [6.07, 6.45) is 5.74. The van der Waals surface area contributed by atoms with Gasteiger partial charge in [0.15, 0.2) is 0 Å². The molecule has 0 radical (unpaired) electrons. The number of halogens is 1. The van der Waals surface area contributed by atoms with Gasteiger partial charge in [-0.25, -0.2) is 0 Å². The zero-order valence-electron chi connectivity index (χ0n) is 13.4. The van der Waals surface area contributed by atoms with E-state index in [9.17, 15) is 9.90 Å². The van der Waals surface area contributed by atoms with E-state index in [1.807, 2.05) is 13.0 Å². The van der Waals surface area contributed by atoms with Crippen LogP contribution in [0, 0.1) is 5.92 Å². The third-order valence-electron chi connectivity index (χ3n) is 5.78. The Hall–Kier alpha value is -0.980. The van der Waals surface area contributed by atoms with Crippen LogP contribution in [0.4, 0.5) is 4.79 Å². The third-order valence-corrected chi connectivity index (χ3v) is 9.33. The molecule has 126 valence electrons. The van der Waals surface area contributed by atoms with Crippen LogP contribution in [-0.4, -0.2) is 31.4 Å². The van der Waals surface area contributed by atoms with Crippen molar-refractivity contribution in [3.63, 3.8) is 0 Å². The molecular formula is C18H23INO3-. The number of hydrogen-bond acceptors (Lipinski definition) is 3. The maximum atomic E-state index is 12.4. The van der Waals surface area contributed by atoms with Crippen LogP contribution in [0.5, 0.6) is 5.75 Å². The molecule has 1 heterocycles. The Morgan fingerprint density at radius 1 is 1.48 bits per heavy atom. The molecule has 1 amide bonds. The van der Waals surface area contributed by atoms with Crippen LogP contribution in [0.3, 0.4) is 0 Å². The standard InChI is InChI=1S/C18H23INO3/c1-2-23-17(22)20-16-9-12-6-7-13(21)10-15(12)18(11-19-20)8-4-3-5-14(16)18/h6-7,10,14,16,21H,2-5,8-9,11H2,1H3/q-1/t14-,16+,18+/m1/s1. The normalized spacial score (nSPS) is 32.3. The van der Waals surface area contributed by atoms with Crippen LogP contribution < -0.4 is 21.5 Å². The number of aromatic hydroxyl groups is 1. The number of carbonyl (C=O) groups excluding carboxylic acids is 1. The number of amides is 1. The quantitative estimate of drug-likeness (QED) is 0.396. The molecule has 1 aromatic carbocycles. The minimum absolute atomic E-state index is 0.105. The zero-order valence-corrected chi connectivity index (χ0v) is 15.6. The first-order chi connectivity index (χ1) is 11.2. The molecule has 0 spiro atoms. The van der Waals surface area contributed by atoms with Crippen molar-refractivity contribution < 1.29 is 36.1 Å². The van der Waals surface area contributed by atoms with Gasteiger partial charge in [0.05, 0.1) is 0 Å². The van der Waals surface area contributed by atoms with Crippen molar-refractivity contribution in [3.8, 4) is 5.75 Å². The average molecular weight is 428 g/mol. The summed E-state index contributed by atoms with van der Waals surface area (Å²) in [6.45, 7) is 2.33. The molecule has 3 aliphatic rings. The predicted octanol–water partition coefficient (Wildman–Crippen LogP) is 0.221. The number of phenols is 1. The fourth-order valence-corrected chi connectivity index (χ4v) is 8.68. The van der Waals surface area contributed by atoms with Crippen molar-refractivity contribution in [1.29, 1.82) is 0 Å². The molecule has 2 bridgehead atoms. The monoisotopic (exact) mass is 428 g/mol. The van der Waals surface area contributed by atoms with Gasteiger partial charge in [-0.1, -0.05) is 0 Å². The first-order valence-corrected chi connectivity index (χ1v) is 11.0. The zero-order chi connectivity index (χ0) is 16.0. The van der Waals surface area contributed by atoms with E-state index in [1.54, 1.807) is 6.07 Å². The van der Waals surface area contributed by atoms with Crippen LogP contribution in [0.15, 0.2) is 18.2 Å². The number of carbonyl (C=O) groups is 1. The molecular weight excluding hydrogens is 405 g/mol. The first-order valence-electron chi connectivity index (χ1n) is 8.53. The summed E-state index contributed by atoms with van der Waals surface area (Å²) < 4.78 is 8.52. The molecule has 2 aliphatic carbocycles. The molecule has 4 nitrogen and oxygen atoms in total. The van der Waals surface area contributed by atoms with Crippen LogP contribution in [0.2, 0.25) is 0 Å². The van der Waals surface area contributed by atoms with Gasteiger partial charge in [-0.3, -0.25) is 0 Å². The number of rotatable bonds is 1. The Morgan fingerprint density at radius 2 is 2.35 bits per heavy atom. The molecule has 0 aromatic heterocycles. The van der Waals surface area contributed by atoms with Gasteiger partial charge in [0, 0.05) is 0 Å². The topological polar surface area (TPSA) is 49.8 Å². The number of nitrogens with zero attached hydrogens (tertiary/aromatic N) is 1. The minimum atomic E-state index is -0.354. The molecule has 1 saturated heterocycles. The van der Waals surface area contributed by atoms with E-state index >= 15 is 0 Å². The van der Waals surface area contributed by atoms with E-state index in [0.29, 0.717) is 24.3 Å². The Balaban J connectivity index is 1.78. The van der Waals surface area contributed by atoms with E-state index in [-0.39, 0.29) is 33.0 Å². The Labute approximate surface area is 147 Å². The summed E-state index contributed by atoms with van der Waals surface area (Å²) in [5.74, 6) is 0.912. The van der Waals surface area contributed by atoms with Gasteiger partial charge in [0.2, 0.25) is 0 Å². The second kappa shape index (κ2) is 5.83. The SMILES string of the molecule is CCOC(=O)N1[I-]C[C@@]23CCCC[C@@H]2[C@@H]1Cc1ccc(O)cc13. The first kappa shape index (κ1) is 15.5. The van der Waals surface area contributed by atoms with Gasteiger partial charge >= 0.3 is 148 Å². The second-order valence-electron chi connectivity index (χ2n) is 6.88. The number of benzene rings is 1. The summed E-state index contributed by atoms with van der Waals surface area (Å²) in [4.78, 5) is 12.4. The predicted molar refractivity (Wildman–Crippen MR) is 83.0 cm³/mol. The molecule has 1 N–H and O–H groups in total. The number of phenolic OH excluding ortho intramolecular Hbond substituents is 1. The van der Waals surface area contributed by atoms with Gasteiger partial charge in [-0.2, -0.15) is 0 Å². The van der Waals surface area contributed by atoms with E-state index in [4.69, 9.17) is 4.74 Å². The molecule has 2 fully saturated rings. The van der Waals surface area contributed by atoms with Crippen molar-refractivity contribution in [2.24, 2.45) is 5.92 Å². The van der Waals surface area contributed by atoms with E-state index < -0.39 is 0 Å². The van der Waals surface area contributed by atoms with Crippen LogP contribution in [0.25, 0.3) is 0 Å². The Morgan fingerprint density at radius 3 is 3.17 bits per heavy atom. The van der Waals surface area contributed by atoms with Crippen molar-refractivity contribution in [2.45, 2.75) is 50.5 Å². The average Bonchev–Trinajstić information content (AvgIpc) is 2.56. The van der Waals surface area contributed by atoms with Gasteiger partial charge < -0.3 is 0 Å². The number of hydrogen-bond donors (Lipinski definition) is 1. The molecule has 4 rings (SSSR count). The summed E-state index contributed by atoms with van der Waals surface area (Å²) in [7, 11) is 0. The molecule has 1 saturated carbocycles. The third kappa shape index (κ3) is 2.34. The Kier molecular flexibility index (Phi) is 3.94. The van der Waals surface area contributed by atoms with Crippen LogP contribution >= 0.6 is 0 Å². The van der Waals surface area contributed by atoms with Crippen molar-refractivity contribution >= 4 is 6.09 Å². The van der Waals surface area contributed by atoms with E-state index in [2.05, 4.69) is 9.18 Å². The molecule has 23 heavy (non-hydrogen) atoms. The van der Waals surface area contributed by atoms with Crippen molar-refractivity contribution in [1.82, 2.24) is 3.11 Å². The Bertz CT molecular complexity index is 635. The van der Waals surface area contributed by atoms with Crippen molar-refractivity contribution in [3.05, 3.63) is 29.3 Å². The molecule has 1 aliphatic heterocycles. The molecule has 0 unspecified atom stereocenters. The van der Waals surface area contributed by atoms with Crippen LogP contribution in [-0.2, 0) is 16.6 Å². The van der Waals surface area contributed by atoms with E-state index in [1.165, 1.54) is 36.8 Å². The van der Waals surface area contributed by atoms with Gasteiger partial charge in [0.1, 0.15) is 0 Å². The van der Waals surface area contributed by atoms with Crippen molar-refractivity contribution in [2.75, 3.05) is 11.0 Å². The number of fused-ring (bicyclic) bond motifs is 1. The van der Waals surface area contributed by atoms with Gasteiger partial charge in [0.25, 0.3) is 0 Å².